The molecule has 3 amide bonds. The molecule has 2 bridgehead atoms. The van der Waals surface area contributed by atoms with Crippen molar-refractivity contribution in [3.05, 3.63) is 36.4 Å². The van der Waals surface area contributed by atoms with Crippen LogP contribution in [0.4, 0.5) is 5.69 Å². The van der Waals surface area contributed by atoms with Crippen LogP contribution in [0.25, 0.3) is 0 Å². The third-order valence-electron chi connectivity index (χ3n) is 6.48. The molecule has 0 radical (unpaired) electrons. The fourth-order valence-electron chi connectivity index (χ4n) is 5.04. The summed E-state index contributed by atoms with van der Waals surface area (Å²) in [6, 6.07) is 7.14. The summed E-state index contributed by atoms with van der Waals surface area (Å²) in [5, 5.41) is 5.76. The Morgan fingerprint density at radius 1 is 1.07 bits per heavy atom. The number of hydrogen-bond acceptors (Lipinski definition) is 4. The molecule has 0 heterocycles. The molecule has 1 aromatic rings. The van der Waals surface area contributed by atoms with E-state index in [1.54, 1.807) is 31.4 Å². The number of benzene rings is 1. The number of allylic oxidation sites excluding steroid dienone is 2. The van der Waals surface area contributed by atoms with Gasteiger partial charge in [-0.1, -0.05) is 12.2 Å². The van der Waals surface area contributed by atoms with Gasteiger partial charge in [-0.25, -0.2) is 0 Å². The molecule has 7 heteroatoms. The lowest BCUT2D eigenvalue weighted by molar-refractivity contribution is -0.133. The summed E-state index contributed by atoms with van der Waals surface area (Å²) < 4.78 is 5.14. The van der Waals surface area contributed by atoms with Crippen molar-refractivity contribution in [1.29, 1.82) is 0 Å². The van der Waals surface area contributed by atoms with Gasteiger partial charge in [-0.05, 0) is 54.4 Å². The summed E-state index contributed by atoms with van der Waals surface area (Å²) in [6.07, 6.45) is 6.41. The van der Waals surface area contributed by atoms with E-state index in [9.17, 15) is 14.4 Å². The highest BCUT2D eigenvalue weighted by Gasteiger charge is 2.69. The quantitative estimate of drug-likeness (QED) is 0.619. The minimum atomic E-state index is -0.458. The zero-order valence-electron chi connectivity index (χ0n) is 15.8. The first-order valence-electron chi connectivity index (χ1n) is 9.65. The topological polar surface area (TPSA) is 111 Å². The van der Waals surface area contributed by atoms with E-state index < -0.39 is 17.7 Å². The smallest absolute Gasteiger partial charge is 0.228 e. The van der Waals surface area contributed by atoms with Crippen LogP contribution in [0.5, 0.6) is 5.75 Å². The molecule has 7 nitrogen and oxygen atoms in total. The van der Waals surface area contributed by atoms with E-state index in [1.165, 1.54) is 0 Å². The Morgan fingerprint density at radius 2 is 1.68 bits per heavy atom. The lowest BCUT2D eigenvalue weighted by Gasteiger charge is -2.26. The van der Waals surface area contributed by atoms with Crippen molar-refractivity contribution in [2.24, 2.45) is 34.8 Å². The van der Waals surface area contributed by atoms with Crippen LogP contribution < -0.4 is 21.1 Å². The maximum Gasteiger partial charge on any atom is 0.228 e. The van der Waals surface area contributed by atoms with Gasteiger partial charge in [0.15, 0.2) is 0 Å². The van der Waals surface area contributed by atoms with Gasteiger partial charge in [-0.2, -0.15) is 0 Å². The molecule has 148 valence electrons. The van der Waals surface area contributed by atoms with Crippen molar-refractivity contribution < 1.29 is 19.1 Å². The van der Waals surface area contributed by atoms with Gasteiger partial charge in [-0.3, -0.25) is 14.4 Å². The van der Waals surface area contributed by atoms with Crippen molar-refractivity contribution >= 4 is 23.4 Å². The summed E-state index contributed by atoms with van der Waals surface area (Å²) in [5.41, 5.74) is 5.89. The number of carbonyl (C=O) groups is 3. The molecule has 4 N–H and O–H groups in total. The third-order valence-corrected chi connectivity index (χ3v) is 6.48. The summed E-state index contributed by atoms with van der Waals surface area (Å²) in [4.78, 5) is 37.0. The standard InChI is InChI=1S/C21H25N3O4/c1-28-13-4-2-12(3-5-13)24-20(27)18-15-7-6-14(21(15)9-10-21)17(18)19(26)23-11-8-16(22)25/h2-7,14-15,17-18H,8-11H2,1H3,(H2,22,25)(H,23,26)(H,24,27)/t14-,15-,17-,18-/m1/s1. The number of ether oxygens (including phenoxy) is 1. The Bertz CT molecular complexity index is 829. The highest BCUT2D eigenvalue weighted by atomic mass is 16.5. The molecular formula is C21H25N3O4. The monoisotopic (exact) mass is 383 g/mol. The number of primary amides is 1. The van der Waals surface area contributed by atoms with Gasteiger partial charge in [0.1, 0.15) is 5.75 Å². The van der Waals surface area contributed by atoms with Crippen molar-refractivity contribution in [3.63, 3.8) is 0 Å². The number of nitrogens with two attached hydrogens (primary N) is 1. The largest absolute Gasteiger partial charge is 0.497 e. The molecule has 0 aliphatic heterocycles. The van der Waals surface area contributed by atoms with Crippen LogP contribution in [-0.4, -0.2) is 31.4 Å². The molecule has 2 saturated carbocycles. The maximum absolute atomic E-state index is 13.1. The second-order valence-electron chi connectivity index (χ2n) is 7.95. The lowest BCUT2D eigenvalue weighted by Crippen LogP contribution is -2.42. The van der Waals surface area contributed by atoms with Gasteiger partial charge in [0.25, 0.3) is 0 Å². The fraction of sp³-hybridized carbons (Fsp3) is 0.476. The van der Waals surface area contributed by atoms with Gasteiger partial charge >= 0.3 is 0 Å². The van der Waals surface area contributed by atoms with E-state index in [1.807, 2.05) is 0 Å². The van der Waals surface area contributed by atoms with Gasteiger partial charge in [0, 0.05) is 18.7 Å². The molecule has 28 heavy (non-hydrogen) atoms. The van der Waals surface area contributed by atoms with Gasteiger partial charge < -0.3 is 21.1 Å². The van der Waals surface area contributed by atoms with Crippen LogP contribution in [0.1, 0.15) is 19.3 Å². The first kappa shape index (κ1) is 18.5. The normalized spacial score (nSPS) is 28.2. The van der Waals surface area contributed by atoms with Crippen molar-refractivity contribution in [1.82, 2.24) is 5.32 Å². The molecule has 2 fully saturated rings. The van der Waals surface area contributed by atoms with E-state index in [0.717, 1.165) is 12.8 Å². The van der Waals surface area contributed by atoms with Gasteiger partial charge in [-0.15, -0.1) is 0 Å². The Balaban J connectivity index is 1.51. The zero-order chi connectivity index (χ0) is 19.9. The zero-order valence-corrected chi connectivity index (χ0v) is 15.8. The van der Waals surface area contributed by atoms with E-state index in [2.05, 4.69) is 22.8 Å². The average Bonchev–Trinajstić information content (AvgIpc) is 3.34. The molecule has 3 aliphatic rings. The van der Waals surface area contributed by atoms with E-state index >= 15 is 0 Å². The van der Waals surface area contributed by atoms with Crippen LogP contribution in [0, 0.1) is 29.1 Å². The molecule has 0 aromatic heterocycles. The highest BCUT2D eigenvalue weighted by Crippen LogP contribution is 2.72. The number of carbonyl (C=O) groups excluding carboxylic acids is 3. The molecule has 0 saturated heterocycles. The minimum Gasteiger partial charge on any atom is -0.497 e. The lowest BCUT2D eigenvalue weighted by atomic mass is 9.81. The van der Waals surface area contributed by atoms with Crippen LogP contribution in [0.15, 0.2) is 36.4 Å². The molecule has 1 aromatic carbocycles. The number of nitrogens with one attached hydrogen (secondary N) is 2. The van der Waals surface area contributed by atoms with Crippen LogP contribution in [0.2, 0.25) is 0 Å². The molecule has 4 rings (SSSR count). The molecule has 0 unspecified atom stereocenters. The number of rotatable bonds is 7. The van der Waals surface area contributed by atoms with Crippen molar-refractivity contribution in [2.75, 3.05) is 19.0 Å². The van der Waals surface area contributed by atoms with Gasteiger partial charge in [0.05, 0.1) is 18.9 Å². The summed E-state index contributed by atoms with van der Waals surface area (Å²) >= 11 is 0. The predicted octanol–water partition coefficient (Wildman–Crippen LogP) is 1.45. The average molecular weight is 383 g/mol. The van der Waals surface area contributed by atoms with Crippen LogP contribution in [-0.2, 0) is 14.4 Å². The number of hydrogen-bond donors (Lipinski definition) is 3. The van der Waals surface area contributed by atoms with Crippen molar-refractivity contribution in [3.8, 4) is 5.75 Å². The minimum absolute atomic E-state index is 0.0631. The Kier molecular flexibility index (Phi) is 4.61. The van der Waals surface area contributed by atoms with Crippen molar-refractivity contribution in [2.45, 2.75) is 19.3 Å². The summed E-state index contributed by atoms with van der Waals surface area (Å²) in [6.45, 7) is 0.200. The Labute approximate surface area is 163 Å². The third kappa shape index (κ3) is 3.04. The molecule has 1 spiro atoms. The van der Waals surface area contributed by atoms with Crippen LogP contribution in [0.3, 0.4) is 0 Å². The summed E-state index contributed by atoms with van der Waals surface area (Å²) in [7, 11) is 1.59. The second-order valence-corrected chi connectivity index (χ2v) is 7.95. The van der Waals surface area contributed by atoms with Crippen LogP contribution >= 0.6 is 0 Å². The summed E-state index contributed by atoms with van der Waals surface area (Å²) in [5.74, 6) is -0.704. The Morgan fingerprint density at radius 3 is 2.21 bits per heavy atom. The first-order valence-corrected chi connectivity index (χ1v) is 9.65. The highest BCUT2D eigenvalue weighted by molar-refractivity contribution is 5.98. The first-order chi connectivity index (χ1) is 13.5. The number of amides is 3. The van der Waals surface area contributed by atoms with E-state index in [-0.39, 0.29) is 42.0 Å². The Hall–Kier alpha value is -2.83. The molecule has 4 atom stereocenters. The number of methoxy groups -OCH3 is 1. The maximum atomic E-state index is 13.1. The van der Waals surface area contributed by atoms with E-state index in [0.29, 0.717) is 11.4 Å². The van der Waals surface area contributed by atoms with Gasteiger partial charge in [0.2, 0.25) is 17.7 Å². The fourth-order valence-corrected chi connectivity index (χ4v) is 5.04. The second kappa shape index (κ2) is 6.96. The molecule has 3 aliphatic carbocycles. The SMILES string of the molecule is COc1ccc(NC(=O)[C@H]2[C@H](C(=O)NCCC(N)=O)[C@H]3C=C[C@H]2C32CC2)cc1. The van der Waals surface area contributed by atoms with E-state index in [4.69, 9.17) is 10.5 Å². The number of anilines is 1. The molecular weight excluding hydrogens is 358 g/mol. The predicted molar refractivity (Wildman–Crippen MR) is 103 cm³/mol.